The zero-order valence-corrected chi connectivity index (χ0v) is 10.2. The first-order valence-electron chi connectivity index (χ1n) is 3.28. The fraction of sp³-hybridized carbons (Fsp3) is 1.00. The normalized spacial score (nSPS) is 11.3. The third-order valence-corrected chi connectivity index (χ3v) is 1.90. The van der Waals surface area contributed by atoms with E-state index in [0.717, 1.165) is 0 Å². The number of hydrogen-bond donors (Lipinski definition) is 2. The van der Waals surface area contributed by atoms with Gasteiger partial charge in [-0.3, -0.25) is 9.45 Å². The summed E-state index contributed by atoms with van der Waals surface area (Å²) >= 11 is 0. The van der Waals surface area contributed by atoms with Crippen molar-refractivity contribution in [3.63, 3.8) is 0 Å². The molecule has 0 aliphatic carbocycles. The van der Waals surface area contributed by atoms with Crippen LogP contribution in [0.1, 0.15) is 8.35 Å². The minimum atomic E-state index is -3.94. The molecule has 0 spiro atoms. The van der Waals surface area contributed by atoms with Crippen molar-refractivity contribution in [3.05, 3.63) is 0 Å². The summed E-state index contributed by atoms with van der Waals surface area (Å²) in [5.74, 6) is -0.413. The number of aliphatic hydroxyl groups excluding tert-OH is 1. The summed E-state index contributed by atoms with van der Waals surface area (Å²) in [6, 6.07) is 0. The van der Waals surface area contributed by atoms with E-state index in [2.05, 4.69) is 0 Å². The van der Waals surface area contributed by atoms with Gasteiger partial charge in [-0.05, 0) is 6.54 Å². The summed E-state index contributed by atoms with van der Waals surface area (Å²) in [6.07, 6.45) is 0. The molecule has 7 heteroatoms. The number of aliphatic hydroxyl groups is 1. The zero-order valence-electron chi connectivity index (χ0n) is 8.39. The summed E-state index contributed by atoms with van der Waals surface area (Å²) in [5, 5.41) is 8.45. The molecule has 70 valence electrons. The van der Waals surface area contributed by atoms with E-state index < -0.39 is 16.0 Å². The van der Waals surface area contributed by atoms with Crippen LogP contribution in [0.5, 0.6) is 0 Å². The zero-order chi connectivity index (χ0) is 8.91. The van der Waals surface area contributed by atoms with E-state index in [9.17, 15) is 8.42 Å². The molecule has 0 amide bonds. The molecule has 0 rings (SSSR count). The van der Waals surface area contributed by atoms with Crippen molar-refractivity contribution in [2.24, 2.45) is 0 Å². The molecule has 0 fully saturated rings. The fourth-order valence-electron chi connectivity index (χ4n) is 0.686. The predicted octanol–water partition coefficient (Wildman–Crippen LogP) is -3.74. The van der Waals surface area contributed by atoms with Crippen LogP contribution in [0.25, 0.3) is 0 Å². The van der Waals surface area contributed by atoms with Crippen molar-refractivity contribution in [1.82, 2.24) is 4.90 Å². The van der Waals surface area contributed by atoms with Crippen molar-refractivity contribution in [1.29, 1.82) is 0 Å². The molecule has 5 nitrogen and oxygen atoms in total. The van der Waals surface area contributed by atoms with Crippen molar-refractivity contribution >= 4 is 10.1 Å². The van der Waals surface area contributed by atoms with Crippen molar-refractivity contribution < 1.29 is 49.1 Å². The topological polar surface area (TPSA) is 77.8 Å². The molecule has 0 atom stereocenters. The van der Waals surface area contributed by atoms with E-state index in [-0.39, 0.29) is 44.1 Å². The van der Waals surface area contributed by atoms with E-state index in [0.29, 0.717) is 6.54 Å². The Balaban J connectivity index is -0.000000500. The fourth-order valence-corrected chi connectivity index (χ4v) is 1.46. The van der Waals surface area contributed by atoms with E-state index in [1.807, 2.05) is 0 Å². The Hall–Kier alpha value is 0.830. The minimum Gasteiger partial charge on any atom is -1.00 e. The average Bonchev–Trinajstić information content (AvgIpc) is 1.84. The molecule has 0 saturated heterocycles. The number of rotatable bonds is 5. The van der Waals surface area contributed by atoms with Crippen LogP contribution in [0, 0.1) is 0 Å². The van der Waals surface area contributed by atoms with Gasteiger partial charge in [0, 0.05) is 6.54 Å². The smallest absolute Gasteiger partial charge is 1.00 e. The van der Waals surface area contributed by atoms with E-state index in [1.54, 1.807) is 6.92 Å². The first kappa shape index (κ1) is 15.3. The van der Waals surface area contributed by atoms with Crippen LogP contribution >= 0.6 is 0 Å². The van der Waals surface area contributed by atoms with Crippen LogP contribution in [0.4, 0.5) is 0 Å². The van der Waals surface area contributed by atoms with E-state index in [4.69, 9.17) is 9.66 Å². The molecule has 0 aromatic carbocycles. The van der Waals surface area contributed by atoms with Crippen LogP contribution < -0.4 is 29.6 Å². The summed E-state index contributed by atoms with van der Waals surface area (Å²) in [7, 11) is -3.94. The monoisotopic (exact) mass is 207 g/mol. The van der Waals surface area contributed by atoms with Gasteiger partial charge in [-0.2, -0.15) is 8.42 Å². The van der Waals surface area contributed by atoms with Gasteiger partial charge in [-0.25, -0.2) is 0 Å². The standard InChI is InChI=1S/C5H13NO4S.Na.H/c1-2-6(3-4-7)5-11(8,9)10;;/h7H,2-5H2,1H3,(H,8,9,10);;/q;+1;-1. The number of nitrogens with zero attached hydrogens (tertiary/aromatic N) is 1. The molecule has 12 heavy (non-hydrogen) atoms. The van der Waals surface area contributed by atoms with E-state index in [1.165, 1.54) is 4.90 Å². The van der Waals surface area contributed by atoms with Crippen LogP contribution in [-0.2, 0) is 10.1 Å². The first-order valence-corrected chi connectivity index (χ1v) is 4.89. The maximum absolute atomic E-state index is 10.3. The minimum absolute atomic E-state index is 0. The Morgan fingerprint density at radius 3 is 2.25 bits per heavy atom. The van der Waals surface area contributed by atoms with Crippen molar-refractivity contribution in [2.45, 2.75) is 6.92 Å². The van der Waals surface area contributed by atoms with Crippen molar-refractivity contribution in [2.75, 3.05) is 25.6 Å². The largest absolute Gasteiger partial charge is 1.00 e. The Morgan fingerprint density at radius 2 is 2.00 bits per heavy atom. The Labute approximate surface area is 96.3 Å². The summed E-state index contributed by atoms with van der Waals surface area (Å²) in [6.45, 7) is 2.39. The molecular weight excluding hydrogens is 193 g/mol. The molecule has 0 bridgehead atoms. The number of likely N-dealkylation sites (N-methyl/N-ethyl adjacent to an activating group) is 1. The molecule has 0 saturated carbocycles. The van der Waals surface area contributed by atoms with Gasteiger partial charge in [0.15, 0.2) is 0 Å². The van der Waals surface area contributed by atoms with Gasteiger partial charge in [0.1, 0.15) is 5.88 Å². The molecule has 0 heterocycles. The van der Waals surface area contributed by atoms with Crippen molar-refractivity contribution in [3.8, 4) is 0 Å². The number of hydrogen-bond acceptors (Lipinski definition) is 4. The Bertz CT molecular complexity index is 199. The van der Waals surface area contributed by atoms with Crippen LogP contribution in [0.15, 0.2) is 0 Å². The second-order valence-electron chi connectivity index (χ2n) is 2.15. The van der Waals surface area contributed by atoms with Crippen LogP contribution in [0.2, 0.25) is 0 Å². The third kappa shape index (κ3) is 8.92. The SMILES string of the molecule is CCN(CCO)CS(=O)(=O)O.[H-].[Na+]. The Kier molecular flexibility index (Phi) is 9.25. The predicted molar refractivity (Wildman–Crippen MR) is 41.9 cm³/mol. The van der Waals surface area contributed by atoms with Crippen LogP contribution in [-0.4, -0.2) is 48.6 Å². The van der Waals surface area contributed by atoms with Crippen LogP contribution in [0.3, 0.4) is 0 Å². The van der Waals surface area contributed by atoms with Gasteiger partial charge in [0.05, 0.1) is 6.61 Å². The maximum atomic E-state index is 10.3. The molecule has 0 aromatic heterocycles. The Morgan fingerprint density at radius 1 is 1.50 bits per heavy atom. The maximum Gasteiger partial charge on any atom is 1.00 e. The average molecular weight is 207 g/mol. The molecule has 2 N–H and O–H groups in total. The van der Waals surface area contributed by atoms with Gasteiger partial charge >= 0.3 is 29.6 Å². The quantitative estimate of drug-likeness (QED) is 0.358. The third-order valence-electron chi connectivity index (χ3n) is 1.21. The van der Waals surface area contributed by atoms with Gasteiger partial charge in [0.25, 0.3) is 10.1 Å². The second-order valence-corrected chi connectivity index (χ2v) is 3.57. The molecule has 0 aliphatic heterocycles. The first-order chi connectivity index (χ1) is 4.99. The molecule has 0 aliphatic rings. The molecule has 0 aromatic rings. The van der Waals surface area contributed by atoms with Gasteiger partial charge in [-0.1, -0.05) is 6.92 Å². The van der Waals surface area contributed by atoms with Gasteiger partial charge in [-0.15, -0.1) is 0 Å². The summed E-state index contributed by atoms with van der Waals surface area (Å²) < 4.78 is 29.0. The molecular formula is C5H14NNaO4S. The van der Waals surface area contributed by atoms with E-state index >= 15 is 0 Å². The van der Waals surface area contributed by atoms with Gasteiger partial charge in [0.2, 0.25) is 0 Å². The molecule has 0 unspecified atom stereocenters. The van der Waals surface area contributed by atoms with Gasteiger partial charge < -0.3 is 6.53 Å². The summed E-state index contributed by atoms with van der Waals surface area (Å²) in [5.41, 5.74) is 0. The second kappa shape index (κ2) is 7.25. The molecule has 0 radical (unpaired) electrons. The summed E-state index contributed by atoms with van der Waals surface area (Å²) in [4.78, 5) is 1.43.